The van der Waals surface area contributed by atoms with Crippen LogP contribution in [0.3, 0.4) is 0 Å². The van der Waals surface area contributed by atoms with Crippen LogP contribution in [0.15, 0.2) is 41.1 Å². The Morgan fingerprint density at radius 2 is 1.96 bits per heavy atom. The molecule has 0 saturated heterocycles. The smallest absolute Gasteiger partial charge is 0.258 e. The van der Waals surface area contributed by atoms with Crippen molar-refractivity contribution in [3.8, 4) is 11.5 Å². The monoisotopic (exact) mass is 335 g/mol. The van der Waals surface area contributed by atoms with Crippen molar-refractivity contribution >= 4 is 11.9 Å². The van der Waals surface area contributed by atoms with Gasteiger partial charge in [-0.3, -0.25) is 9.78 Å². The normalized spacial score (nSPS) is 16.3. The van der Waals surface area contributed by atoms with Gasteiger partial charge in [-0.25, -0.2) is 9.97 Å². The number of carbonyl (C=O) groups is 1. The summed E-state index contributed by atoms with van der Waals surface area (Å²) in [6.07, 6.45) is 4.10. The van der Waals surface area contributed by atoms with Crippen LogP contribution in [0.25, 0.3) is 11.5 Å². The van der Waals surface area contributed by atoms with Crippen LogP contribution in [-0.2, 0) is 6.42 Å². The minimum Gasteiger partial charge on any atom is -0.460 e. The Labute approximate surface area is 144 Å². The highest BCUT2D eigenvalue weighted by atomic mass is 16.3. The van der Waals surface area contributed by atoms with Crippen LogP contribution in [0.5, 0.6) is 0 Å². The first kappa shape index (κ1) is 15.3. The van der Waals surface area contributed by atoms with Crippen LogP contribution in [0.4, 0.5) is 5.95 Å². The predicted molar refractivity (Wildman–Crippen MR) is 91.7 cm³/mol. The van der Waals surface area contributed by atoms with Gasteiger partial charge in [0.2, 0.25) is 5.95 Å². The molecule has 7 nitrogen and oxygen atoms in total. The van der Waals surface area contributed by atoms with Gasteiger partial charge < -0.3 is 15.1 Å². The first-order chi connectivity index (χ1) is 12.0. The van der Waals surface area contributed by atoms with E-state index >= 15 is 0 Å². The lowest BCUT2D eigenvalue weighted by Gasteiger charge is -2.19. The zero-order valence-corrected chi connectivity index (χ0v) is 13.9. The molecule has 2 N–H and O–H groups in total. The van der Waals surface area contributed by atoms with E-state index in [1.807, 2.05) is 25.1 Å². The number of aromatic nitrogens is 3. The van der Waals surface area contributed by atoms with Gasteiger partial charge in [0.05, 0.1) is 17.3 Å². The number of nitrogens with two attached hydrogens (primary N) is 1. The van der Waals surface area contributed by atoms with Gasteiger partial charge in [0, 0.05) is 19.4 Å². The summed E-state index contributed by atoms with van der Waals surface area (Å²) in [7, 11) is 1.77. The van der Waals surface area contributed by atoms with E-state index in [2.05, 4.69) is 15.0 Å². The number of carbonyl (C=O) groups excluding carboxylic acids is 1. The zero-order valence-electron chi connectivity index (χ0n) is 13.9. The molecule has 0 radical (unpaired) electrons. The third-order valence-corrected chi connectivity index (χ3v) is 4.42. The lowest BCUT2D eigenvalue weighted by molar-refractivity contribution is 0.0773. The number of hydrogen-bond acceptors (Lipinski definition) is 6. The summed E-state index contributed by atoms with van der Waals surface area (Å²) in [5.74, 6) is 1.27. The van der Waals surface area contributed by atoms with Crippen LogP contribution in [0.2, 0.25) is 0 Å². The third kappa shape index (κ3) is 2.53. The molecule has 0 spiro atoms. The number of likely N-dealkylation sites (N-methyl/N-ethyl adjacent to an activating group) is 1. The van der Waals surface area contributed by atoms with E-state index in [0.29, 0.717) is 29.1 Å². The maximum atomic E-state index is 12.9. The van der Waals surface area contributed by atoms with E-state index in [1.165, 1.54) is 0 Å². The number of pyridine rings is 1. The number of amides is 1. The maximum absolute atomic E-state index is 12.9. The molecule has 0 saturated carbocycles. The second-order valence-corrected chi connectivity index (χ2v) is 6.09. The molecule has 1 aliphatic heterocycles. The Kier molecular flexibility index (Phi) is 3.49. The number of fused-ring (bicyclic) bond motifs is 1. The van der Waals surface area contributed by atoms with Crippen molar-refractivity contribution in [2.45, 2.75) is 19.4 Å². The summed E-state index contributed by atoms with van der Waals surface area (Å²) in [5.41, 5.74) is 8.54. The van der Waals surface area contributed by atoms with Crippen molar-refractivity contribution in [2.24, 2.45) is 0 Å². The lowest BCUT2D eigenvalue weighted by atomic mass is 10.0. The molecule has 0 aromatic carbocycles. The SMILES string of the molecule is Cc1ccc(-c2nc(N)nc3c2C(=O)N(C)C3Cc2ccncc2)o1. The molecule has 0 fully saturated rings. The Morgan fingerprint density at radius 3 is 2.64 bits per heavy atom. The molecule has 1 aliphatic rings. The summed E-state index contributed by atoms with van der Waals surface area (Å²) in [4.78, 5) is 27.2. The van der Waals surface area contributed by atoms with Gasteiger partial charge in [0.25, 0.3) is 5.91 Å². The van der Waals surface area contributed by atoms with E-state index in [4.69, 9.17) is 10.2 Å². The van der Waals surface area contributed by atoms with Crippen molar-refractivity contribution in [2.75, 3.05) is 12.8 Å². The number of anilines is 1. The van der Waals surface area contributed by atoms with Gasteiger partial charge in [-0.05, 0) is 43.2 Å². The van der Waals surface area contributed by atoms with Crippen LogP contribution >= 0.6 is 0 Å². The summed E-state index contributed by atoms with van der Waals surface area (Å²) >= 11 is 0. The van der Waals surface area contributed by atoms with E-state index in [0.717, 1.165) is 11.3 Å². The standard InChI is InChI=1S/C18H17N5O2/c1-10-3-4-13(25-10)16-14-15(21-18(19)22-16)12(23(2)17(14)24)9-11-5-7-20-8-6-11/h3-8,12H,9H2,1-2H3,(H2,19,21,22). The van der Waals surface area contributed by atoms with Crippen molar-refractivity contribution in [1.82, 2.24) is 19.9 Å². The molecular weight excluding hydrogens is 318 g/mol. The minimum atomic E-state index is -0.204. The molecular formula is C18H17N5O2. The fourth-order valence-electron chi connectivity index (χ4n) is 3.17. The Bertz CT molecular complexity index is 951. The van der Waals surface area contributed by atoms with Crippen LogP contribution in [-0.4, -0.2) is 32.8 Å². The van der Waals surface area contributed by atoms with E-state index in [-0.39, 0.29) is 17.9 Å². The second-order valence-electron chi connectivity index (χ2n) is 6.09. The highest BCUT2D eigenvalue weighted by Crippen LogP contribution is 2.38. The van der Waals surface area contributed by atoms with Crippen LogP contribution in [0.1, 0.15) is 33.4 Å². The number of hydrogen-bond donors (Lipinski definition) is 1. The van der Waals surface area contributed by atoms with E-state index in [1.54, 1.807) is 30.4 Å². The molecule has 25 heavy (non-hydrogen) atoms. The lowest BCUT2D eigenvalue weighted by Crippen LogP contribution is -2.24. The molecule has 1 atom stereocenters. The second kappa shape index (κ2) is 5.70. The number of rotatable bonds is 3. The summed E-state index contributed by atoms with van der Waals surface area (Å²) in [6.45, 7) is 1.84. The minimum absolute atomic E-state index is 0.127. The molecule has 4 heterocycles. The zero-order chi connectivity index (χ0) is 17.6. The molecule has 0 aliphatic carbocycles. The molecule has 126 valence electrons. The Hall–Kier alpha value is -3.22. The van der Waals surface area contributed by atoms with Crippen molar-refractivity contribution < 1.29 is 9.21 Å². The van der Waals surface area contributed by atoms with Gasteiger partial charge >= 0.3 is 0 Å². The van der Waals surface area contributed by atoms with Gasteiger partial charge in [0.15, 0.2) is 5.76 Å². The first-order valence-electron chi connectivity index (χ1n) is 7.95. The molecule has 1 unspecified atom stereocenters. The quantitative estimate of drug-likeness (QED) is 0.789. The molecule has 3 aromatic rings. The van der Waals surface area contributed by atoms with Crippen molar-refractivity contribution in [3.05, 3.63) is 59.2 Å². The number of aryl methyl sites for hydroxylation is 1. The summed E-state index contributed by atoms with van der Waals surface area (Å²) in [5, 5.41) is 0. The summed E-state index contributed by atoms with van der Waals surface area (Å²) < 4.78 is 5.66. The van der Waals surface area contributed by atoms with Crippen molar-refractivity contribution in [3.63, 3.8) is 0 Å². The molecule has 1 amide bonds. The van der Waals surface area contributed by atoms with Crippen LogP contribution < -0.4 is 5.73 Å². The fraction of sp³-hybridized carbons (Fsp3) is 0.222. The highest BCUT2D eigenvalue weighted by Gasteiger charge is 2.39. The highest BCUT2D eigenvalue weighted by molar-refractivity contribution is 6.03. The van der Waals surface area contributed by atoms with E-state index < -0.39 is 0 Å². The predicted octanol–water partition coefficient (Wildman–Crippen LogP) is 2.39. The Balaban J connectivity index is 1.84. The van der Waals surface area contributed by atoms with Gasteiger partial charge in [-0.2, -0.15) is 0 Å². The largest absolute Gasteiger partial charge is 0.460 e. The topological polar surface area (TPSA) is 98.1 Å². The number of nitrogen functional groups attached to an aromatic ring is 1. The Morgan fingerprint density at radius 1 is 1.20 bits per heavy atom. The van der Waals surface area contributed by atoms with E-state index in [9.17, 15) is 4.79 Å². The molecule has 0 bridgehead atoms. The molecule has 7 heteroatoms. The third-order valence-electron chi connectivity index (χ3n) is 4.42. The fourth-order valence-corrected chi connectivity index (χ4v) is 3.17. The first-order valence-corrected chi connectivity index (χ1v) is 7.95. The average molecular weight is 335 g/mol. The molecule has 3 aromatic heterocycles. The maximum Gasteiger partial charge on any atom is 0.258 e. The summed E-state index contributed by atoms with van der Waals surface area (Å²) in [6, 6.07) is 7.28. The molecule has 4 rings (SSSR count). The van der Waals surface area contributed by atoms with Crippen molar-refractivity contribution in [1.29, 1.82) is 0 Å². The van der Waals surface area contributed by atoms with Gasteiger partial charge in [0.1, 0.15) is 11.5 Å². The average Bonchev–Trinajstić information content (AvgIpc) is 3.13. The number of nitrogens with zero attached hydrogens (tertiary/aromatic N) is 4. The van der Waals surface area contributed by atoms with Crippen LogP contribution in [0, 0.1) is 6.92 Å². The number of furan rings is 1. The van der Waals surface area contributed by atoms with Gasteiger partial charge in [-0.1, -0.05) is 0 Å². The van der Waals surface area contributed by atoms with Gasteiger partial charge in [-0.15, -0.1) is 0 Å².